The maximum Gasteiger partial charge on any atom is 0.261 e. The SMILES string of the molecule is COc1cccc(OC)c1C(=O)N1CCC(CCCCCCNC(=NC#N)Nc2ccnc(F)c2)C1. The van der Waals surface area contributed by atoms with Gasteiger partial charge < -0.3 is 25.0 Å². The van der Waals surface area contributed by atoms with E-state index in [1.54, 1.807) is 38.6 Å². The van der Waals surface area contributed by atoms with Crippen LogP contribution >= 0.6 is 0 Å². The third-order valence-electron chi connectivity index (χ3n) is 6.20. The lowest BCUT2D eigenvalue weighted by molar-refractivity contribution is 0.0779. The van der Waals surface area contributed by atoms with Crippen molar-refractivity contribution in [3.05, 3.63) is 48.0 Å². The summed E-state index contributed by atoms with van der Waals surface area (Å²) in [6.07, 6.45) is 9.29. The van der Waals surface area contributed by atoms with Crippen LogP contribution in [-0.4, -0.2) is 55.6 Å². The average Bonchev–Trinajstić information content (AvgIpc) is 3.36. The van der Waals surface area contributed by atoms with E-state index in [1.165, 1.54) is 12.3 Å². The number of methoxy groups -OCH3 is 2. The highest BCUT2D eigenvalue weighted by Crippen LogP contribution is 2.32. The fourth-order valence-electron chi connectivity index (χ4n) is 4.37. The van der Waals surface area contributed by atoms with Gasteiger partial charge in [-0.3, -0.25) is 4.79 Å². The zero-order chi connectivity index (χ0) is 25.8. The molecule has 192 valence electrons. The largest absolute Gasteiger partial charge is 0.496 e. The molecule has 0 aliphatic carbocycles. The summed E-state index contributed by atoms with van der Waals surface area (Å²) in [5.74, 6) is 1.18. The summed E-state index contributed by atoms with van der Waals surface area (Å²) in [5, 5.41) is 14.8. The lowest BCUT2D eigenvalue weighted by Gasteiger charge is -2.20. The van der Waals surface area contributed by atoms with Crippen LogP contribution in [0.15, 0.2) is 41.5 Å². The van der Waals surface area contributed by atoms with Crippen LogP contribution in [0, 0.1) is 23.3 Å². The number of hydrogen-bond donors (Lipinski definition) is 2. The average molecular weight is 497 g/mol. The Morgan fingerprint density at radius 1 is 1.22 bits per heavy atom. The van der Waals surface area contributed by atoms with Gasteiger partial charge in [0.05, 0.1) is 14.2 Å². The van der Waals surface area contributed by atoms with E-state index in [0.717, 1.165) is 51.6 Å². The summed E-state index contributed by atoms with van der Waals surface area (Å²) in [5.41, 5.74) is 0.954. The lowest BCUT2D eigenvalue weighted by atomic mass is 10.00. The number of benzene rings is 1. The lowest BCUT2D eigenvalue weighted by Crippen LogP contribution is -2.31. The minimum Gasteiger partial charge on any atom is -0.496 e. The molecule has 2 aromatic rings. The molecule has 0 radical (unpaired) electrons. The number of anilines is 1. The van der Waals surface area contributed by atoms with E-state index in [-0.39, 0.29) is 11.9 Å². The molecule has 1 fully saturated rings. The van der Waals surface area contributed by atoms with E-state index in [0.29, 0.717) is 35.2 Å². The fraction of sp³-hybridized carbons (Fsp3) is 0.462. The number of guanidine groups is 1. The number of amides is 1. The Morgan fingerprint density at radius 3 is 2.67 bits per heavy atom. The molecule has 0 spiro atoms. The first-order valence-electron chi connectivity index (χ1n) is 12.1. The van der Waals surface area contributed by atoms with Gasteiger partial charge in [0.2, 0.25) is 18.1 Å². The van der Waals surface area contributed by atoms with Gasteiger partial charge in [0.15, 0.2) is 0 Å². The summed E-state index contributed by atoms with van der Waals surface area (Å²) in [6.45, 7) is 2.13. The Labute approximate surface area is 211 Å². The third kappa shape index (κ3) is 7.57. The molecule has 0 saturated carbocycles. The van der Waals surface area contributed by atoms with Crippen molar-refractivity contribution in [3.8, 4) is 17.7 Å². The molecular weight excluding hydrogens is 463 g/mol. The molecule has 1 atom stereocenters. The number of ether oxygens (including phenoxy) is 2. The molecule has 1 aliphatic rings. The van der Waals surface area contributed by atoms with Crippen molar-refractivity contribution in [2.75, 3.05) is 39.2 Å². The summed E-state index contributed by atoms with van der Waals surface area (Å²) >= 11 is 0. The summed E-state index contributed by atoms with van der Waals surface area (Å²) in [4.78, 5) is 22.2. The van der Waals surface area contributed by atoms with Gasteiger partial charge >= 0.3 is 0 Å². The van der Waals surface area contributed by atoms with E-state index in [2.05, 4.69) is 20.6 Å². The number of halogens is 1. The van der Waals surface area contributed by atoms with Crippen LogP contribution in [0.5, 0.6) is 11.5 Å². The number of hydrogen-bond acceptors (Lipinski definition) is 6. The monoisotopic (exact) mass is 496 g/mol. The minimum absolute atomic E-state index is 0.0455. The molecule has 1 saturated heterocycles. The Balaban J connectivity index is 1.34. The Hall–Kier alpha value is -3.87. The van der Waals surface area contributed by atoms with Crippen molar-refractivity contribution >= 4 is 17.6 Å². The van der Waals surface area contributed by atoms with E-state index in [4.69, 9.17) is 14.7 Å². The van der Waals surface area contributed by atoms with E-state index < -0.39 is 5.95 Å². The summed E-state index contributed by atoms with van der Waals surface area (Å²) in [6, 6.07) is 8.21. The minimum atomic E-state index is -0.606. The normalized spacial score (nSPS) is 15.3. The number of carbonyl (C=O) groups excluding carboxylic acids is 1. The highest BCUT2D eigenvalue weighted by Gasteiger charge is 2.30. The van der Waals surface area contributed by atoms with Crippen LogP contribution in [0.1, 0.15) is 48.9 Å². The molecular formula is C26H33FN6O3. The molecule has 36 heavy (non-hydrogen) atoms. The zero-order valence-corrected chi connectivity index (χ0v) is 20.8. The van der Waals surface area contributed by atoms with Crippen LogP contribution in [-0.2, 0) is 0 Å². The Kier molecular flexibility index (Phi) is 10.3. The van der Waals surface area contributed by atoms with Gasteiger partial charge in [-0.05, 0) is 43.4 Å². The number of likely N-dealkylation sites (tertiary alicyclic amines) is 1. The number of aliphatic imine (C=N–C) groups is 1. The van der Waals surface area contributed by atoms with Crippen LogP contribution < -0.4 is 20.1 Å². The number of nitrogens with one attached hydrogen (secondary N) is 2. The second kappa shape index (κ2) is 13.9. The van der Waals surface area contributed by atoms with Crippen LogP contribution in [0.3, 0.4) is 0 Å². The first-order valence-corrected chi connectivity index (χ1v) is 12.1. The molecule has 1 aromatic heterocycles. The molecule has 2 heterocycles. The number of pyridine rings is 1. The maximum atomic E-state index is 13.2. The third-order valence-corrected chi connectivity index (χ3v) is 6.20. The molecule has 1 aromatic carbocycles. The van der Waals surface area contributed by atoms with Crippen LogP contribution in [0.25, 0.3) is 0 Å². The molecule has 2 N–H and O–H groups in total. The summed E-state index contributed by atoms with van der Waals surface area (Å²) < 4.78 is 24.0. The molecule has 1 amide bonds. The van der Waals surface area contributed by atoms with Crippen LogP contribution in [0.2, 0.25) is 0 Å². The van der Waals surface area contributed by atoms with Crippen molar-refractivity contribution in [1.29, 1.82) is 5.26 Å². The van der Waals surface area contributed by atoms with E-state index >= 15 is 0 Å². The molecule has 1 unspecified atom stereocenters. The van der Waals surface area contributed by atoms with Crippen LogP contribution in [0.4, 0.5) is 10.1 Å². The maximum absolute atomic E-state index is 13.2. The number of nitrogens with zero attached hydrogens (tertiary/aromatic N) is 4. The molecule has 1 aliphatic heterocycles. The highest BCUT2D eigenvalue weighted by molar-refractivity contribution is 6.00. The number of aromatic nitrogens is 1. The smallest absolute Gasteiger partial charge is 0.261 e. The van der Waals surface area contributed by atoms with Crippen molar-refractivity contribution in [3.63, 3.8) is 0 Å². The predicted octanol–water partition coefficient (Wildman–Crippen LogP) is 4.19. The van der Waals surface area contributed by atoms with Gasteiger partial charge in [-0.2, -0.15) is 9.65 Å². The molecule has 3 rings (SSSR count). The number of unbranched alkanes of at least 4 members (excludes halogenated alkanes) is 3. The highest BCUT2D eigenvalue weighted by atomic mass is 19.1. The first-order chi connectivity index (χ1) is 17.5. The van der Waals surface area contributed by atoms with Gasteiger partial charge in [0, 0.05) is 37.6 Å². The quantitative estimate of drug-likeness (QED) is 0.158. The standard InChI is InChI=1S/C26H33FN6O3/c1-35-21-9-7-10-22(36-2)24(21)25(34)33-15-12-19(17-33)8-5-3-4-6-13-30-26(31-18-28)32-20-11-14-29-23(27)16-20/h7,9-11,14,16,19H,3-6,8,12-13,15,17H2,1-2H3,(H2,29,30,31,32). The summed E-state index contributed by atoms with van der Waals surface area (Å²) in [7, 11) is 3.12. The van der Waals surface area contributed by atoms with Gasteiger partial charge in [-0.1, -0.05) is 25.3 Å². The van der Waals surface area contributed by atoms with E-state index in [1.807, 2.05) is 11.0 Å². The number of carbonyl (C=O) groups is 1. The molecule has 10 heteroatoms. The number of nitriles is 1. The van der Waals surface area contributed by atoms with Crippen molar-refractivity contribution in [2.45, 2.75) is 38.5 Å². The topological polar surface area (TPSA) is 112 Å². The van der Waals surface area contributed by atoms with Crippen molar-refractivity contribution < 1.29 is 18.7 Å². The van der Waals surface area contributed by atoms with E-state index in [9.17, 15) is 9.18 Å². The predicted molar refractivity (Wildman–Crippen MR) is 136 cm³/mol. The fourth-order valence-corrected chi connectivity index (χ4v) is 4.37. The van der Waals surface area contributed by atoms with Crippen molar-refractivity contribution in [2.24, 2.45) is 10.9 Å². The Bertz CT molecular complexity index is 1070. The Morgan fingerprint density at radius 2 is 1.97 bits per heavy atom. The van der Waals surface area contributed by atoms with Crippen molar-refractivity contribution in [1.82, 2.24) is 15.2 Å². The number of rotatable bonds is 11. The van der Waals surface area contributed by atoms with Gasteiger partial charge in [-0.25, -0.2) is 4.98 Å². The van der Waals surface area contributed by atoms with Gasteiger partial charge in [-0.15, -0.1) is 4.99 Å². The first kappa shape index (κ1) is 26.7. The van der Waals surface area contributed by atoms with Gasteiger partial charge in [0.25, 0.3) is 5.91 Å². The zero-order valence-electron chi connectivity index (χ0n) is 20.8. The second-order valence-corrected chi connectivity index (χ2v) is 8.63. The molecule has 9 nitrogen and oxygen atoms in total. The second-order valence-electron chi connectivity index (χ2n) is 8.63. The van der Waals surface area contributed by atoms with Gasteiger partial charge in [0.1, 0.15) is 17.1 Å². The molecule has 0 bridgehead atoms.